The largest absolute Gasteiger partial charge is 0.393 e. The Morgan fingerprint density at radius 2 is 1.63 bits per heavy atom. The van der Waals surface area contributed by atoms with E-state index in [1.54, 1.807) is 12.1 Å². The summed E-state index contributed by atoms with van der Waals surface area (Å²) in [6.07, 6.45) is 13.0. The molecule has 0 amide bonds. The van der Waals surface area contributed by atoms with Crippen LogP contribution < -0.4 is 5.32 Å². The lowest BCUT2D eigenvalue weighted by Crippen LogP contribution is -2.40. The van der Waals surface area contributed by atoms with Crippen molar-refractivity contribution in [1.82, 2.24) is 18.8 Å². The van der Waals surface area contributed by atoms with E-state index in [0.29, 0.717) is 37.1 Å². The maximum Gasteiger partial charge on any atom is 0.243 e. The summed E-state index contributed by atoms with van der Waals surface area (Å²) in [5, 5.41) is 14.7. The Labute approximate surface area is 225 Å². The van der Waals surface area contributed by atoms with E-state index in [4.69, 9.17) is 9.72 Å². The molecule has 1 saturated heterocycles. The van der Waals surface area contributed by atoms with Gasteiger partial charge in [0.25, 0.3) is 0 Å². The van der Waals surface area contributed by atoms with E-state index in [0.717, 1.165) is 80.2 Å². The van der Waals surface area contributed by atoms with Gasteiger partial charge in [-0.15, -0.1) is 0 Å². The zero-order valence-corrected chi connectivity index (χ0v) is 22.8. The smallest absolute Gasteiger partial charge is 0.243 e. The van der Waals surface area contributed by atoms with Gasteiger partial charge >= 0.3 is 0 Å². The molecule has 2 aliphatic heterocycles. The summed E-state index contributed by atoms with van der Waals surface area (Å²) in [5.74, 6) is 0.634. The zero-order valence-electron chi connectivity index (χ0n) is 22.0. The van der Waals surface area contributed by atoms with Crippen LogP contribution in [0, 0.1) is 0 Å². The molecule has 0 saturated carbocycles. The molecule has 2 N–H and O–H groups in total. The van der Waals surface area contributed by atoms with Gasteiger partial charge in [0.2, 0.25) is 16.0 Å². The summed E-state index contributed by atoms with van der Waals surface area (Å²) in [6, 6.07) is 7.11. The van der Waals surface area contributed by atoms with Gasteiger partial charge in [0.05, 0.1) is 24.2 Å². The van der Waals surface area contributed by atoms with Crippen molar-refractivity contribution in [2.45, 2.75) is 75.3 Å². The van der Waals surface area contributed by atoms with Crippen LogP contribution in [0.25, 0.3) is 22.2 Å². The quantitative estimate of drug-likeness (QED) is 0.505. The number of sulfonamides is 1. The maximum absolute atomic E-state index is 13.1. The van der Waals surface area contributed by atoms with Crippen LogP contribution in [-0.4, -0.2) is 71.3 Å². The molecule has 0 spiro atoms. The second kappa shape index (κ2) is 12.5. The molecule has 1 atom stereocenters. The summed E-state index contributed by atoms with van der Waals surface area (Å²) >= 11 is 0. The Kier molecular flexibility index (Phi) is 8.93. The van der Waals surface area contributed by atoms with Crippen LogP contribution in [0.2, 0.25) is 0 Å². The number of aryl methyl sites for hydroxylation is 1. The number of morpholine rings is 1. The first kappa shape index (κ1) is 27.1. The molecule has 1 unspecified atom stereocenters. The minimum Gasteiger partial charge on any atom is -0.393 e. The van der Waals surface area contributed by atoms with Gasteiger partial charge in [-0.1, -0.05) is 37.8 Å². The van der Waals surface area contributed by atoms with Crippen molar-refractivity contribution < 1.29 is 18.3 Å². The van der Waals surface area contributed by atoms with Crippen molar-refractivity contribution >= 4 is 27.0 Å². The van der Waals surface area contributed by atoms with Gasteiger partial charge in [0.15, 0.2) is 0 Å². The molecule has 0 aliphatic carbocycles. The summed E-state index contributed by atoms with van der Waals surface area (Å²) in [4.78, 5) is 9.74. The Bertz CT molecular complexity index is 1300. The highest BCUT2D eigenvalue weighted by atomic mass is 32.2. The summed E-state index contributed by atoms with van der Waals surface area (Å²) < 4.78 is 35.1. The summed E-state index contributed by atoms with van der Waals surface area (Å²) in [6.45, 7) is 3.23. The van der Waals surface area contributed by atoms with E-state index in [1.807, 2.05) is 18.3 Å². The molecule has 38 heavy (non-hydrogen) atoms. The van der Waals surface area contributed by atoms with Crippen LogP contribution in [-0.2, 0) is 21.3 Å². The van der Waals surface area contributed by atoms with Crippen molar-refractivity contribution in [1.29, 1.82) is 0 Å². The Balaban J connectivity index is 1.41. The number of aliphatic hydroxyl groups excluding tert-OH is 1. The number of anilines is 1. The van der Waals surface area contributed by atoms with Crippen LogP contribution in [0.3, 0.4) is 0 Å². The van der Waals surface area contributed by atoms with Crippen molar-refractivity contribution in [2.24, 2.45) is 0 Å². The van der Waals surface area contributed by atoms with E-state index in [9.17, 15) is 13.5 Å². The third kappa shape index (κ3) is 6.36. The van der Waals surface area contributed by atoms with Crippen molar-refractivity contribution in [3.05, 3.63) is 36.7 Å². The second-order valence-corrected chi connectivity index (χ2v) is 12.3. The fraction of sp³-hybridized carbons (Fsp3) is 0.571. The molecule has 2 aromatic heterocycles. The number of benzene rings is 1. The number of nitrogens with one attached hydrogen (secondary N) is 1. The molecule has 2 bridgehead atoms. The second-order valence-electron chi connectivity index (χ2n) is 10.3. The minimum absolute atomic E-state index is 0.217. The molecule has 10 heteroatoms. The number of hydrogen-bond acceptors (Lipinski definition) is 7. The fourth-order valence-corrected chi connectivity index (χ4v) is 6.75. The third-order valence-electron chi connectivity index (χ3n) is 7.57. The summed E-state index contributed by atoms with van der Waals surface area (Å²) in [7, 11) is -3.54. The van der Waals surface area contributed by atoms with Crippen LogP contribution in [0.1, 0.15) is 57.8 Å². The average molecular weight is 542 g/mol. The number of rotatable bonds is 3. The van der Waals surface area contributed by atoms with Crippen molar-refractivity contribution in [2.75, 3.05) is 38.2 Å². The van der Waals surface area contributed by atoms with E-state index in [2.05, 4.69) is 21.1 Å². The molecule has 2 aliphatic rings. The predicted octanol–water partition coefficient (Wildman–Crippen LogP) is 4.42. The zero-order chi connectivity index (χ0) is 26.4. The standard InChI is InChI=1S/C28H39N5O4S/c34-23-8-4-2-1-3-6-14-29-28-30-20-25-26(21-32(27(25)31-28)15-7-5-9-23)22-10-12-24(13-11-22)38(35,36)33-16-18-37-19-17-33/h10-13,20-21,23,34H,1-9,14-19H2,(H,29,30,31). The Hall–Kier alpha value is -2.53. The Morgan fingerprint density at radius 3 is 2.42 bits per heavy atom. The fourth-order valence-electron chi connectivity index (χ4n) is 5.34. The Morgan fingerprint density at radius 1 is 0.921 bits per heavy atom. The van der Waals surface area contributed by atoms with Gasteiger partial charge in [0.1, 0.15) is 5.65 Å². The van der Waals surface area contributed by atoms with Crippen LogP contribution in [0.5, 0.6) is 0 Å². The molecule has 9 nitrogen and oxygen atoms in total. The number of hydrogen-bond donors (Lipinski definition) is 2. The average Bonchev–Trinajstić information content (AvgIpc) is 3.30. The molecule has 3 aromatic rings. The number of aliphatic hydroxyl groups is 1. The van der Waals surface area contributed by atoms with E-state index < -0.39 is 10.0 Å². The molecule has 5 rings (SSSR count). The van der Waals surface area contributed by atoms with Crippen LogP contribution >= 0.6 is 0 Å². The highest BCUT2D eigenvalue weighted by molar-refractivity contribution is 7.89. The van der Waals surface area contributed by atoms with E-state index >= 15 is 0 Å². The number of fused-ring (bicyclic) bond motifs is 1. The van der Waals surface area contributed by atoms with Gasteiger partial charge in [-0.25, -0.2) is 13.4 Å². The van der Waals surface area contributed by atoms with Gasteiger partial charge in [-0.2, -0.15) is 9.29 Å². The van der Waals surface area contributed by atoms with Gasteiger partial charge in [-0.3, -0.25) is 0 Å². The highest BCUT2D eigenvalue weighted by Gasteiger charge is 2.26. The SMILES string of the molecule is O=S(=O)(c1ccc(-c2cn3c4nc(ncc24)NCCCCCCCC(O)CCCC3)cc1)N1CCOCC1. The van der Waals surface area contributed by atoms with Crippen molar-refractivity contribution in [3.8, 4) is 11.1 Å². The van der Waals surface area contributed by atoms with Crippen LogP contribution in [0.15, 0.2) is 41.6 Å². The van der Waals surface area contributed by atoms with Crippen LogP contribution in [0.4, 0.5) is 5.95 Å². The maximum atomic E-state index is 13.1. The van der Waals surface area contributed by atoms with Crippen molar-refractivity contribution in [3.63, 3.8) is 0 Å². The predicted molar refractivity (Wildman–Crippen MR) is 149 cm³/mol. The molecule has 0 radical (unpaired) electrons. The molecular formula is C28H39N5O4S. The van der Waals surface area contributed by atoms with E-state index in [-0.39, 0.29) is 6.10 Å². The first-order chi connectivity index (χ1) is 18.5. The highest BCUT2D eigenvalue weighted by Crippen LogP contribution is 2.32. The number of aromatic nitrogens is 3. The molecule has 4 heterocycles. The van der Waals surface area contributed by atoms with Gasteiger partial charge < -0.3 is 19.7 Å². The molecular weight excluding hydrogens is 502 g/mol. The lowest BCUT2D eigenvalue weighted by Gasteiger charge is -2.26. The first-order valence-electron chi connectivity index (χ1n) is 14.0. The van der Waals surface area contributed by atoms with Gasteiger partial charge in [-0.05, 0) is 49.8 Å². The minimum atomic E-state index is -3.54. The third-order valence-corrected chi connectivity index (χ3v) is 9.49. The number of ether oxygens (including phenoxy) is 1. The lowest BCUT2D eigenvalue weighted by molar-refractivity contribution is 0.0730. The normalized spacial score (nSPS) is 21.2. The monoisotopic (exact) mass is 541 g/mol. The van der Waals surface area contributed by atoms with Gasteiger partial charge in [0, 0.05) is 49.5 Å². The lowest BCUT2D eigenvalue weighted by atomic mass is 10.0. The number of nitrogens with zero attached hydrogens (tertiary/aromatic N) is 4. The summed E-state index contributed by atoms with van der Waals surface area (Å²) in [5.41, 5.74) is 2.78. The topological polar surface area (TPSA) is 110 Å². The first-order valence-corrected chi connectivity index (χ1v) is 15.4. The molecule has 1 fully saturated rings. The molecule has 1 aromatic carbocycles. The molecule has 206 valence electrons. The van der Waals surface area contributed by atoms with E-state index in [1.165, 1.54) is 17.1 Å².